The number of sulfone groups is 1. The van der Waals surface area contributed by atoms with E-state index in [1.807, 2.05) is 26.0 Å². The van der Waals surface area contributed by atoms with E-state index in [-0.39, 0.29) is 11.5 Å². The third-order valence-electron chi connectivity index (χ3n) is 4.30. The molecular weight excluding hydrogens is 316 g/mol. The molecule has 6 nitrogen and oxygen atoms in total. The Hall–Kier alpha value is -1.89. The van der Waals surface area contributed by atoms with Crippen molar-refractivity contribution in [3.05, 3.63) is 29.3 Å². The van der Waals surface area contributed by atoms with E-state index in [1.54, 1.807) is 13.0 Å². The summed E-state index contributed by atoms with van der Waals surface area (Å²) in [4.78, 5) is 26.0. The van der Waals surface area contributed by atoms with Gasteiger partial charge in [-0.25, -0.2) is 8.42 Å². The maximum Gasteiger partial charge on any atom is 0.313 e. The third-order valence-corrected chi connectivity index (χ3v) is 6.05. The minimum atomic E-state index is -3.11. The van der Waals surface area contributed by atoms with E-state index in [0.717, 1.165) is 11.1 Å². The summed E-state index contributed by atoms with van der Waals surface area (Å²) in [5.74, 6) is -1.41. The number of benzene rings is 1. The van der Waals surface area contributed by atoms with E-state index in [9.17, 15) is 18.0 Å². The van der Waals surface area contributed by atoms with Crippen LogP contribution in [0.3, 0.4) is 0 Å². The van der Waals surface area contributed by atoms with Gasteiger partial charge in [0.05, 0.1) is 11.5 Å². The van der Waals surface area contributed by atoms with E-state index in [4.69, 9.17) is 0 Å². The van der Waals surface area contributed by atoms with Crippen LogP contribution in [0.5, 0.6) is 0 Å². The predicted molar refractivity (Wildman–Crippen MR) is 89.0 cm³/mol. The molecule has 1 N–H and O–H groups in total. The van der Waals surface area contributed by atoms with Gasteiger partial charge in [0.15, 0.2) is 9.84 Å². The number of hydrogen-bond acceptors (Lipinski definition) is 4. The molecule has 0 aromatic heterocycles. The monoisotopic (exact) mass is 338 g/mol. The number of anilines is 1. The summed E-state index contributed by atoms with van der Waals surface area (Å²) in [5.41, 5.74) is 2.52. The fourth-order valence-electron chi connectivity index (χ4n) is 2.78. The third kappa shape index (κ3) is 3.90. The normalized spacial score (nSPS) is 19.3. The predicted octanol–water partition coefficient (Wildman–Crippen LogP) is 1.28. The number of rotatable bonds is 3. The van der Waals surface area contributed by atoms with Gasteiger partial charge in [-0.3, -0.25) is 9.59 Å². The van der Waals surface area contributed by atoms with Gasteiger partial charge in [-0.15, -0.1) is 0 Å². The van der Waals surface area contributed by atoms with Crippen LogP contribution in [-0.2, 0) is 19.4 Å². The van der Waals surface area contributed by atoms with Crippen LogP contribution >= 0.6 is 0 Å². The first kappa shape index (κ1) is 17.5. The number of amides is 2. The van der Waals surface area contributed by atoms with Crippen molar-refractivity contribution in [2.75, 3.05) is 23.4 Å². The molecule has 1 saturated heterocycles. The van der Waals surface area contributed by atoms with Gasteiger partial charge in [0, 0.05) is 18.3 Å². The van der Waals surface area contributed by atoms with Gasteiger partial charge in [-0.1, -0.05) is 12.1 Å². The van der Waals surface area contributed by atoms with Crippen molar-refractivity contribution in [2.24, 2.45) is 0 Å². The molecule has 0 aliphatic carbocycles. The summed E-state index contributed by atoms with van der Waals surface area (Å²) in [6, 6.07) is 5.06. The highest BCUT2D eigenvalue weighted by molar-refractivity contribution is 7.91. The maximum atomic E-state index is 12.4. The Morgan fingerprint density at radius 1 is 1.30 bits per heavy atom. The second kappa shape index (κ2) is 6.70. The molecule has 1 fully saturated rings. The lowest BCUT2D eigenvalue weighted by Gasteiger charge is -2.26. The zero-order chi connectivity index (χ0) is 17.2. The molecule has 7 heteroatoms. The van der Waals surface area contributed by atoms with Crippen molar-refractivity contribution in [2.45, 2.75) is 33.2 Å². The van der Waals surface area contributed by atoms with Crippen molar-refractivity contribution >= 4 is 27.3 Å². The van der Waals surface area contributed by atoms with Crippen molar-refractivity contribution in [3.63, 3.8) is 0 Å². The van der Waals surface area contributed by atoms with E-state index in [1.165, 1.54) is 4.90 Å². The lowest BCUT2D eigenvalue weighted by atomic mass is 10.1. The average molecular weight is 338 g/mol. The summed E-state index contributed by atoms with van der Waals surface area (Å²) in [6.07, 6.45) is 0.388. The first-order chi connectivity index (χ1) is 10.7. The standard InChI is InChI=1S/C16H22N2O4S/c1-4-18(13-8-9-23(21,22)10-13)16(20)15(19)17-14-7-5-6-11(2)12(14)3/h5-7,13H,4,8-10H2,1-3H3,(H,17,19). The van der Waals surface area contributed by atoms with Gasteiger partial charge in [0.2, 0.25) is 0 Å². The zero-order valence-corrected chi connectivity index (χ0v) is 14.4. The lowest BCUT2D eigenvalue weighted by Crippen LogP contribution is -2.46. The van der Waals surface area contributed by atoms with Gasteiger partial charge in [-0.05, 0) is 44.4 Å². The topological polar surface area (TPSA) is 83.6 Å². The number of aryl methyl sites for hydroxylation is 1. The number of nitrogens with one attached hydrogen (secondary N) is 1. The van der Waals surface area contributed by atoms with Crippen molar-refractivity contribution in [3.8, 4) is 0 Å². The van der Waals surface area contributed by atoms with Crippen LogP contribution in [0.2, 0.25) is 0 Å². The van der Waals surface area contributed by atoms with Crippen LogP contribution in [-0.4, -0.2) is 49.2 Å². The van der Waals surface area contributed by atoms with Gasteiger partial charge in [0.25, 0.3) is 0 Å². The minimum Gasteiger partial charge on any atom is -0.331 e. The van der Waals surface area contributed by atoms with Crippen LogP contribution in [0.4, 0.5) is 5.69 Å². The molecule has 1 unspecified atom stereocenters. The lowest BCUT2D eigenvalue weighted by molar-refractivity contribution is -0.144. The molecule has 2 amide bonds. The Morgan fingerprint density at radius 3 is 2.57 bits per heavy atom. The second-order valence-corrected chi connectivity index (χ2v) is 8.08. The molecule has 1 aliphatic heterocycles. The Kier molecular flexibility index (Phi) is 5.09. The quantitative estimate of drug-likeness (QED) is 0.842. The first-order valence-electron chi connectivity index (χ1n) is 7.63. The highest BCUT2D eigenvalue weighted by Gasteiger charge is 2.36. The second-order valence-electron chi connectivity index (χ2n) is 5.85. The van der Waals surface area contributed by atoms with Crippen LogP contribution in [0.15, 0.2) is 18.2 Å². The number of carbonyl (C=O) groups excluding carboxylic acids is 2. The molecule has 0 radical (unpaired) electrons. The van der Waals surface area contributed by atoms with Gasteiger partial charge in [-0.2, -0.15) is 0 Å². The molecule has 1 heterocycles. The fraction of sp³-hybridized carbons (Fsp3) is 0.500. The maximum absolute atomic E-state index is 12.4. The number of hydrogen-bond donors (Lipinski definition) is 1. The molecule has 0 spiro atoms. The largest absolute Gasteiger partial charge is 0.331 e. The molecule has 1 atom stereocenters. The van der Waals surface area contributed by atoms with E-state index < -0.39 is 27.7 Å². The summed E-state index contributed by atoms with van der Waals surface area (Å²) < 4.78 is 23.2. The molecule has 0 bridgehead atoms. The average Bonchev–Trinajstić information content (AvgIpc) is 2.84. The Bertz CT molecular complexity index is 728. The van der Waals surface area contributed by atoms with Crippen molar-refractivity contribution in [1.29, 1.82) is 0 Å². The molecule has 1 aliphatic rings. The Labute approximate surface area is 136 Å². The zero-order valence-electron chi connectivity index (χ0n) is 13.6. The molecule has 23 heavy (non-hydrogen) atoms. The van der Waals surface area contributed by atoms with Crippen LogP contribution in [0.25, 0.3) is 0 Å². The van der Waals surface area contributed by atoms with Gasteiger partial charge < -0.3 is 10.2 Å². The van der Waals surface area contributed by atoms with Crippen molar-refractivity contribution < 1.29 is 18.0 Å². The minimum absolute atomic E-state index is 0.0661. The molecule has 0 saturated carbocycles. The smallest absolute Gasteiger partial charge is 0.313 e. The summed E-state index contributed by atoms with van der Waals surface area (Å²) in [7, 11) is -3.11. The molecular formula is C16H22N2O4S. The van der Waals surface area contributed by atoms with Crippen LogP contribution in [0.1, 0.15) is 24.5 Å². The number of carbonyl (C=O) groups is 2. The SMILES string of the molecule is CCN(C(=O)C(=O)Nc1cccc(C)c1C)C1CCS(=O)(=O)C1. The van der Waals surface area contributed by atoms with E-state index in [2.05, 4.69) is 5.32 Å². The molecule has 126 valence electrons. The van der Waals surface area contributed by atoms with Crippen LogP contribution in [0, 0.1) is 13.8 Å². The molecule has 1 aromatic rings. The Morgan fingerprint density at radius 2 is 2.00 bits per heavy atom. The number of likely N-dealkylation sites (N-methyl/N-ethyl adjacent to an activating group) is 1. The van der Waals surface area contributed by atoms with E-state index in [0.29, 0.717) is 18.7 Å². The van der Waals surface area contributed by atoms with Crippen LogP contribution < -0.4 is 5.32 Å². The number of nitrogens with zero attached hydrogens (tertiary/aromatic N) is 1. The molecule has 2 rings (SSSR count). The highest BCUT2D eigenvalue weighted by Crippen LogP contribution is 2.20. The summed E-state index contributed by atoms with van der Waals surface area (Å²) >= 11 is 0. The highest BCUT2D eigenvalue weighted by atomic mass is 32.2. The van der Waals surface area contributed by atoms with Crippen molar-refractivity contribution in [1.82, 2.24) is 4.90 Å². The van der Waals surface area contributed by atoms with Gasteiger partial charge >= 0.3 is 11.8 Å². The first-order valence-corrected chi connectivity index (χ1v) is 9.46. The van der Waals surface area contributed by atoms with E-state index >= 15 is 0 Å². The Balaban J connectivity index is 2.12. The van der Waals surface area contributed by atoms with Gasteiger partial charge in [0.1, 0.15) is 0 Å². The summed E-state index contributed by atoms with van der Waals surface area (Å²) in [6.45, 7) is 5.85. The summed E-state index contributed by atoms with van der Waals surface area (Å²) in [5, 5.41) is 2.63. The molecule has 1 aromatic carbocycles. The fourth-order valence-corrected chi connectivity index (χ4v) is 4.51.